The van der Waals surface area contributed by atoms with Crippen molar-refractivity contribution in [1.82, 2.24) is 10.2 Å². The van der Waals surface area contributed by atoms with E-state index in [-0.39, 0.29) is 0 Å². The molecule has 19 heavy (non-hydrogen) atoms. The number of hydrogen-bond acceptors (Lipinski definition) is 2. The Bertz CT molecular complexity index is 751. The molecule has 2 N–H and O–H groups in total. The number of aromatic amines is 1. The number of aromatic nitrogens is 2. The summed E-state index contributed by atoms with van der Waals surface area (Å²) in [6.07, 6.45) is 0.609. The lowest BCUT2D eigenvalue weighted by atomic mass is 10.0. The van der Waals surface area contributed by atoms with Crippen molar-refractivity contribution in [2.75, 3.05) is 5.32 Å². The van der Waals surface area contributed by atoms with Gasteiger partial charge in [-0.1, -0.05) is 35.9 Å². The van der Waals surface area contributed by atoms with Crippen molar-refractivity contribution in [2.45, 2.75) is 0 Å². The second-order valence-electron chi connectivity index (χ2n) is 4.07. The van der Waals surface area contributed by atoms with Gasteiger partial charge in [-0.05, 0) is 23.8 Å². The zero-order chi connectivity index (χ0) is 13.2. The average Bonchev–Trinajstić information content (AvgIpc) is 2.82. The quantitative estimate of drug-likeness (QED) is 0.717. The summed E-state index contributed by atoms with van der Waals surface area (Å²) in [6, 6.07) is 13.5. The van der Waals surface area contributed by atoms with Crippen LogP contribution in [0.3, 0.4) is 0 Å². The van der Waals surface area contributed by atoms with Crippen LogP contribution in [0.5, 0.6) is 0 Å². The highest BCUT2D eigenvalue weighted by Gasteiger charge is 2.08. The number of amides is 1. The Labute approximate surface area is 114 Å². The zero-order valence-electron chi connectivity index (χ0n) is 9.85. The summed E-state index contributed by atoms with van der Waals surface area (Å²) < 4.78 is 0. The summed E-state index contributed by atoms with van der Waals surface area (Å²) in [5.74, 6) is 0.513. The van der Waals surface area contributed by atoms with Gasteiger partial charge in [-0.15, -0.1) is 0 Å². The Morgan fingerprint density at radius 1 is 1.21 bits per heavy atom. The summed E-state index contributed by atoms with van der Waals surface area (Å²) in [7, 11) is 0. The molecule has 1 aromatic heterocycles. The maximum absolute atomic E-state index is 10.5. The first kappa shape index (κ1) is 11.7. The van der Waals surface area contributed by atoms with Crippen molar-refractivity contribution in [3.63, 3.8) is 0 Å². The van der Waals surface area contributed by atoms with Gasteiger partial charge < -0.3 is 5.32 Å². The molecular formula is C14H10ClN3O. The van der Waals surface area contributed by atoms with Crippen LogP contribution in [-0.2, 0) is 4.79 Å². The van der Waals surface area contributed by atoms with E-state index in [1.807, 2.05) is 42.5 Å². The predicted octanol–water partition coefficient (Wildman–Crippen LogP) is 3.45. The number of fused-ring (bicyclic) bond motifs is 1. The number of H-pyrrole nitrogens is 1. The Hall–Kier alpha value is -2.33. The maximum atomic E-state index is 10.5. The molecule has 0 saturated heterocycles. The fraction of sp³-hybridized carbons (Fsp3) is 0. The standard InChI is InChI=1S/C14H10ClN3O/c15-12-4-2-1-3-10(12)9-5-6-13-11(7-9)14(16-8-19)18-17-13/h1-8H,(H2,16,17,18,19). The number of anilines is 1. The van der Waals surface area contributed by atoms with Crippen LogP contribution in [0.2, 0.25) is 5.02 Å². The molecule has 0 aliphatic rings. The topological polar surface area (TPSA) is 57.8 Å². The lowest BCUT2D eigenvalue weighted by molar-refractivity contribution is -0.105. The van der Waals surface area contributed by atoms with Crippen molar-refractivity contribution in [1.29, 1.82) is 0 Å². The number of benzene rings is 2. The van der Waals surface area contributed by atoms with Gasteiger partial charge in [-0.25, -0.2) is 0 Å². The Balaban J connectivity index is 2.18. The first-order valence-corrected chi connectivity index (χ1v) is 6.10. The lowest BCUT2D eigenvalue weighted by Crippen LogP contribution is -1.93. The molecule has 0 fully saturated rings. The molecule has 0 aliphatic heterocycles. The van der Waals surface area contributed by atoms with Crippen LogP contribution in [-0.4, -0.2) is 16.6 Å². The van der Waals surface area contributed by atoms with Gasteiger partial charge in [0.1, 0.15) is 0 Å². The third-order valence-corrected chi connectivity index (χ3v) is 3.27. The van der Waals surface area contributed by atoms with E-state index < -0.39 is 0 Å². The molecule has 0 bridgehead atoms. The highest BCUT2D eigenvalue weighted by Crippen LogP contribution is 2.31. The molecule has 0 atom stereocenters. The number of hydrogen-bond donors (Lipinski definition) is 2. The molecule has 0 radical (unpaired) electrons. The number of rotatable bonds is 3. The molecule has 0 spiro atoms. The first-order valence-electron chi connectivity index (χ1n) is 5.73. The highest BCUT2D eigenvalue weighted by atomic mass is 35.5. The van der Waals surface area contributed by atoms with E-state index in [9.17, 15) is 4.79 Å². The minimum Gasteiger partial charge on any atom is -0.311 e. The van der Waals surface area contributed by atoms with Gasteiger partial charge in [0.25, 0.3) is 0 Å². The fourth-order valence-corrected chi connectivity index (χ4v) is 2.29. The van der Waals surface area contributed by atoms with Crippen molar-refractivity contribution in [3.8, 4) is 11.1 Å². The summed E-state index contributed by atoms with van der Waals surface area (Å²) >= 11 is 6.19. The molecule has 3 aromatic rings. The number of nitrogens with zero attached hydrogens (tertiary/aromatic N) is 1. The second-order valence-corrected chi connectivity index (χ2v) is 4.48. The molecule has 1 heterocycles. The monoisotopic (exact) mass is 271 g/mol. The number of carbonyl (C=O) groups is 1. The van der Waals surface area contributed by atoms with Crippen LogP contribution in [0.25, 0.3) is 22.0 Å². The number of carbonyl (C=O) groups excluding carboxylic acids is 1. The van der Waals surface area contributed by atoms with Gasteiger partial charge in [0.15, 0.2) is 5.82 Å². The summed E-state index contributed by atoms with van der Waals surface area (Å²) in [6.45, 7) is 0. The fourth-order valence-electron chi connectivity index (χ4n) is 2.04. The third kappa shape index (κ3) is 2.06. The van der Waals surface area contributed by atoms with Gasteiger partial charge in [0.2, 0.25) is 6.41 Å². The molecule has 3 rings (SSSR count). The predicted molar refractivity (Wildman–Crippen MR) is 76.2 cm³/mol. The van der Waals surface area contributed by atoms with E-state index in [0.717, 1.165) is 22.0 Å². The van der Waals surface area contributed by atoms with Crippen molar-refractivity contribution in [3.05, 3.63) is 47.5 Å². The average molecular weight is 272 g/mol. The molecule has 5 heteroatoms. The molecule has 4 nitrogen and oxygen atoms in total. The molecular weight excluding hydrogens is 262 g/mol. The number of nitrogens with one attached hydrogen (secondary N) is 2. The van der Waals surface area contributed by atoms with Crippen molar-refractivity contribution >= 4 is 34.7 Å². The number of halogens is 1. The van der Waals surface area contributed by atoms with E-state index in [0.29, 0.717) is 17.3 Å². The minimum atomic E-state index is 0.513. The summed E-state index contributed by atoms with van der Waals surface area (Å²) in [5.41, 5.74) is 2.79. The van der Waals surface area contributed by atoms with Crippen LogP contribution in [0.15, 0.2) is 42.5 Å². The van der Waals surface area contributed by atoms with E-state index >= 15 is 0 Å². The Kier molecular flexibility index (Phi) is 2.93. The lowest BCUT2D eigenvalue weighted by Gasteiger charge is -2.04. The second kappa shape index (κ2) is 4.74. The summed E-state index contributed by atoms with van der Waals surface area (Å²) in [5, 5.41) is 11.0. The Morgan fingerprint density at radius 2 is 2.05 bits per heavy atom. The van der Waals surface area contributed by atoms with E-state index in [2.05, 4.69) is 15.5 Å². The van der Waals surface area contributed by atoms with Gasteiger partial charge in [0.05, 0.1) is 5.52 Å². The largest absolute Gasteiger partial charge is 0.311 e. The van der Waals surface area contributed by atoms with Crippen molar-refractivity contribution < 1.29 is 4.79 Å². The van der Waals surface area contributed by atoms with Crippen LogP contribution in [0.4, 0.5) is 5.82 Å². The zero-order valence-corrected chi connectivity index (χ0v) is 10.6. The molecule has 0 saturated carbocycles. The highest BCUT2D eigenvalue weighted by molar-refractivity contribution is 6.33. The van der Waals surface area contributed by atoms with Crippen LogP contribution in [0, 0.1) is 0 Å². The van der Waals surface area contributed by atoms with Crippen LogP contribution < -0.4 is 5.32 Å². The third-order valence-electron chi connectivity index (χ3n) is 2.94. The smallest absolute Gasteiger partial charge is 0.212 e. The SMILES string of the molecule is O=CNc1n[nH]c2ccc(-c3ccccc3Cl)cc12. The molecule has 2 aromatic carbocycles. The molecule has 1 amide bonds. The van der Waals surface area contributed by atoms with Gasteiger partial charge in [-0.2, -0.15) is 5.10 Å². The van der Waals surface area contributed by atoms with Gasteiger partial charge in [-0.3, -0.25) is 9.89 Å². The molecule has 0 aliphatic carbocycles. The summed E-state index contributed by atoms with van der Waals surface area (Å²) in [4.78, 5) is 10.5. The normalized spacial score (nSPS) is 10.6. The minimum absolute atomic E-state index is 0.513. The molecule has 94 valence electrons. The van der Waals surface area contributed by atoms with Crippen molar-refractivity contribution in [2.24, 2.45) is 0 Å². The van der Waals surface area contributed by atoms with Crippen LogP contribution in [0.1, 0.15) is 0 Å². The Morgan fingerprint density at radius 3 is 2.84 bits per heavy atom. The van der Waals surface area contributed by atoms with E-state index in [1.54, 1.807) is 0 Å². The van der Waals surface area contributed by atoms with Gasteiger partial charge >= 0.3 is 0 Å². The van der Waals surface area contributed by atoms with E-state index in [4.69, 9.17) is 11.6 Å². The van der Waals surface area contributed by atoms with Crippen LogP contribution >= 0.6 is 11.6 Å². The maximum Gasteiger partial charge on any atom is 0.212 e. The molecule has 0 unspecified atom stereocenters. The van der Waals surface area contributed by atoms with E-state index in [1.165, 1.54) is 0 Å². The first-order chi connectivity index (χ1) is 9.29. The van der Waals surface area contributed by atoms with Gasteiger partial charge in [0, 0.05) is 16.0 Å².